The smallest absolute Gasteiger partial charge is 0.321 e. The van der Waals surface area contributed by atoms with Gasteiger partial charge in [-0.15, -0.1) is 0 Å². The van der Waals surface area contributed by atoms with Gasteiger partial charge in [-0.3, -0.25) is 14.9 Å². The van der Waals surface area contributed by atoms with Crippen molar-refractivity contribution in [3.8, 4) is 5.75 Å². The molecule has 0 aliphatic carbocycles. The monoisotopic (exact) mass is 470 g/mol. The Morgan fingerprint density at radius 1 is 1.06 bits per heavy atom. The molecule has 0 saturated carbocycles. The van der Waals surface area contributed by atoms with Crippen LogP contribution in [0.5, 0.6) is 5.75 Å². The van der Waals surface area contributed by atoms with Crippen LogP contribution in [0.3, 0.4) is 0 Å². The van der Waals surface area contributed by atoms with Gasteiger partial charge in [-0.2, -0.15) is 0 Å². The molecule has 0 radical (unpaired) electrons. The van der Waals surface area contributed by atoms with Gasteiger partial charge in [0.05, 0.1) is 13.7 Å². The van der Waals surface area contributed by atoms with E-state index in [1.54, 1.807) is 38.3 Å². The van der Waals surface area contributed by atoms with Gasteiger partial charge in [0.25, 0.3) is 0 Å². The second kappa shape index (κ2) is 10.1. The van der Waals surface area contributed by atoms with Crippen LogP contribution >= 0.6 is 11.6 Å². The number of benzene rings is 2. The Kier molecular flexibility index (Phi) is 7.03. The van der Waals surface area contributed by atoms with Gasteiger partial charge in [0.1, 0.15) is 11.8 Å². The van der Waals surface area contributed by atoms with E-state index < -0.39 is 23.8 Å². The molecular formula is C24H27ClN4O4. The normalized spacial score (nSPS) is 20.7. The number of carbonyl (C=O) groups excluding carboxylic acids is 2. The summed E-state index contributed by atoms with van der Waals surface area (Å²) < 4.78 is 10.4. The molecule has 174 valence electrons. The van der Waals surface area contributed by atoms with Crippen LogP contribution in [0.15, 0.2) is 53.5 Å². The maximum absolute atomic E-state index is 13.0. The Balaban J connectivity index is 1.53. The third kappa shape index (κ3) is 5.06. The number of esters is 1. The fourth-order valence-corrected chi connectivity index (χ4v) is 4.22. The number of hydrogen-bond donors (Lipinski definition) is 1. The average Bonchev–Trinajstić information content (AvgIpc) is 2.84. The Morgan fingerprint density at radius 2 is 1.70 bits per heavy atom. The number of aliphatic imine (C=N–C) groups is 1. The second-order valence-electron chi connectivity index (χ2n) is 7.84. The third-order valence-electron chi connectivity index (χ3n) is 5.86. The van der Waals surface area contributed by atoms with Gasteiger partial charge < -0.3 is 19.3 Å². The third-order valence-corrected chi connectivity index (χ3v) is 6.12. The molecule has 33 heavy (non-hydrogen) atoms. The van der Waals surface area contributed by atoms with Crippen molar-refractivity contribution in [2.75, 3.05) is 44.8 Å². The van der Waals surface area contributed by atoms with E-state index in [1.165, 1.54) is 0 Å². The zero-order chi connectivity index (χ0) is 23.4. The van der Waals surface area contributed by atoms with Crippen molar-refractivity contribution in [1.29, 1.82) is 0 Å². The molecule has 2 aliphatic rings. The van der Waals surface area contributed by atoms with E-state index in [4.69, 9.17) is 26.1 Å². The van der Waals surface area contributed by atoms with Gasteiger partial charge in [0.2, 0.25) is 11.9 Å². The number of ether oxygens (including phenoxy) is 2. The lowest BCUT2D eigenvalue weighted by molar-refractivity contribution is -0.153. The van der Waals surface area contributed by atoms with Crippen LogP contribution in [0.4, 0.5) is 5.69 Å². The first-order chi connectivity index (χ1) is 16.0. The highest BCUT2D eigenvalue weighted by Crippen LogP contribution is 2.32. The topological polar surface area (TPSA) is 83.5 Å². The molecule has 2 atom stereocenters. The molecule has 0 bridgehead atoms. The molecule has 0 unspecified atom stereocenters. The minimum absolute atomic E-state index is 0.194. The van der Waals surface area contributed by atoms with E-state index in [2.05, 4.69) is 10.2 Å². The maximum Gasteiger partial charge on any atom is 0.321 e. The molecule has 2 aliphatic heterocycles. The van der Waals surface area contributed by atoms with Crippen LogP contribution in [0.25, 0.3) is 0 Å². The van der Waals surface area contributed by atoms with Crippen molar-refractivity contribution in [3.63, 3.8) is 0 Å². The molecular weight excluding hydrogens is 444 g/mol. The number of anilines is 1. The van der Waals surface area contributed by atoms with Crippen LogP contribution in [0, 0.1) is 5.92 Å². The second-order valence-corrected chi connectivity index (χ2v) is 8.28. The number of rotatable bonds is 5. The van der Waals surface area contributed by atoms with Gasteiger partial charge in [-0.25, -0.2) is 4.99 Å². The molecule has 1 fully saturated rings. The first-order valence-electron chi connectivity index (χ1n) is 10.9. The molecule has 1 amide bonds. The Hall–Kier alpha value is -3.26. The molecule has 0 aromatic heterocycles. The van der Waals surface area contributed by atoms with E-state index in [0.29, 0.717) is 24.1 Å². The van der Waals surface area contributed by atoms with Crippen LogP contribution in [-0.4, -0.2) is 62.6 Å². The molecule has 9 heteroatoms. The quantitative estimate of drug-likeness (QED) is 0.534. The summed E-state index contributed by atoms with van der Waals surface area (Å²) in [6.45, 7) is 4.82. The molecule has 8 nitrogen and oxygen atoms in total. The zero-order valence-electron chi connectivity index (χ0n) is 18.7. The average molecular weight is 471 g/mol. The predicted octanol–water partition coefficient (Wildman–Crippen LogP) is 2.88. The summed E-state index contributed by atoms with van der Waals surface area (Å²) >= 11 is 6.03. The first-order valence-corrected chi connectivity index (χ1v) is 11.3. The number of carbonyl (C=O) groups is 2. The molecule has 1 saturated heterocycles. The fraction of sp³-hybridized carbons (Fsp3) is 0.375. The van der Waals surface area contributed by atoms with Gasteiger partial charge >= 0.3 is 5.97 Å². The Labute approximate surface area is 198 Å². The highest BCUT2D eigenvalue weighted by Gasteiger charge is 2.42. The largest absolute Gasteiger partial charge is 0.497 e. The van der Waals surface area contributed by atoms with Gasteiger partial charge in [0.15, 0.2) is 5.92 Å². The SMILES string of the molecule is CCOC(=O)[C@@H]1C(=O)NC(N2CCN(c3ccc(OC)cc3)CC2)=N[C@H]1c1ccc(Cl)cc1. The highest BCUT2D eigenvalue weighted by atomic mass is 35.5. The van der Waals surface area contributed by atoms with Crippen molar-refractivity contribution >= 4 is 35.1 Å². The van der Waals surface area contributed by atoms with Crippen molar-refractivity contribution in [3.05, 3.63) is 59.1 Å². The van der Waals surface area contributed by atoms with E-state index >= 15 is 0 Å². The number of hydrogen-bond acceptors (Lipinski definition) is 7. The van der Waals surface area contributed by atoms with E-state index in [-0.39, 0.29) is 6.61 Å². The summed E-state index contributed by atoms with van der Waals surface area (Å²) in [6, 6.07) is 14.3. The van der Waals surface area contributed by atoms with Crippen molar-refractivity contribution < 1.29 is 19.1 Å². The summed E-state index contributed by atoms with van der Waals surface area (Å²) in [6.07, 6.45) is 0. The Bertz CT molecular complexity index is 1020. The summed E-state index contributed by atoms with van der Waals surface area (Å²) in [5, 5.41) is 3.41. The van der Waals surface area contributed by atoms with Gasteiger partial charge in [-0.05, 0) is 48.9 Å². The van der Waals surface area contributed by atoms with Crippen molar-refractivity contribution in [1.82, 2.24) is 10.2 Å². The number of guanidine groups is 1. The Morgan fingerprint density at radius 3 is 2.30 bits per heavy atom. The van der Waals surface area contributed by atoms with Crippen molar-refractivity contribution in [2.45, 2.75) is 13.0 Å². The molecule has 2 aromatic carbocycles. The minimum atomic E-state index is -1.05. The summed E-state index contributed by atoms with van der Waals surface area (Å²) in [5.41, 5.74) is 1.85. The summed E-state index contributed by atoms with van der Waals surface area (Å²) in [4.78, 5) is 34.7. The van der Waals surface area contributed by atoms with E-state index in [9.17, 15) is 9.59 Å². The van der Waals surface area contributed by atoms with Crippen LogP contribution in [-0.2, 0) is 14.3 Å². The molecule has 0 spiro atoms. The van der Waals surface area contributed by atoms with Gasteiger partial charge in [0, 0.05) is 36.9 Å². The standard InChI is InChI=1S/C24H27ClN4O4/c1-3-33-23(31)20-21(16-4-6-17(25)7-5-16)26-24(27-22(20)30)29-14-12-28(13-15-29)18-8-10-19(32-2)11-9-18/h4-11,20-21H,3,12-15H2,1-2H3,(H,26,27,30)/t20-,21-/m0/s1. The molecule has 2 heterocycles. The number of piperazine rings is 1. The number of halogens is 1. The maximum atomic E-state index is 13.0. The highest BCUT2D eigenvalue weighted by molar-refractivity contribution is 6.30. The summed E-state index contributed by atoms with van der Waals surface area (Å²) in [5.74, 6) is -0.732. The lowest BCUT2D eigenvalue weighted by atomic mass is 9.91. The predicted molar refractivity (Wildman–Crippen MR) is 127 cm³/mol. The van der Waals surface area contributed by atoms with E-state index in [1.807, 2.05) is 29.2 Å². The lowest BCUT2D eigenvalue weighted by Crippen LogP contribution is -2.57. The molecule has 1 N–H and O–H groups in total. The van der Waals surface area contributed by atoms with Crippen LogP contribution in [0.2, 0.25) is 5.02 Å². The van der Waals surface area contributed by atoms with Crippen LogP contribution in [0.1, 0.15) is 18.5 Å². The number of nitrogens with zero attached hydrogens (tertiary/aromatic N) is 3. The fourth-order valence-electron chi connectivity index (χ4n) is 4.09. The van der Waals surface area contributed by atoms with Crippen LogP contribution < -0.4 is 15.0 Å². The number of nitrogens with one attached hydrogen (secondary N) is 1. The van der Waals surface area contributed by atoms with Crippen molar-refractivity contribution in [2.24, 2.45) is 10.9 Å². The number of amides is 1. The summed E-state index contributed by atoms with van der Waals surface area (Å²) in [7, 11) is 1.65. The molecule has 2 aromatic rings. The first kappa shape index (κ1) is 22.9. The van der Waals surface area contributed by atoms with Gasteiger partial charge in [-0.1, -0.05) is 23.7 Å². The molecule has 4 rings (SSSR count). The minimum Gasteiger partial charge on any atom is -0.497 e. The zero-order valence-corrected chi connectivity index (χ0v) is 19.4. The van der Waals surface area contributed by atoms with E-state index in [0.717, 1.165) is 30.1 Å². The lowest BCUT2D eigenvalue weighted by Gasteiger charge is -2.39. The number of methoxy groups -OCH3 is 1.